The van der Waals surface area contributed by atoms with Gasteiger partial charge in [-0.25, -0.2) is 0 Å². The van der Waals surface area contributed by atoms with Crippen molar-refractivity contribution < 1.29 is 0 Å². The fourth-order valence-corrected chi connectivity index (χ4v) is 3.09. The van der Waals surface area contributed by atoms with E-state index in [1.54, 1.807) is 0 Å². The minimum atomic E-state index is 1.15. The summed E-state index contributed by atoms with van der Waals surface area (Å²) in [5.41, 5.74) is 2.85. The van der Waals surface area contributed by atoms with E-state index >= 15 is 0 Å². The molecule has 0 spiro atoms. The molecule has 0 heterocycles. The van der Waals surface area contributed by atoms with Crippen LogP contribution in [0, 0.1) is 6.92 Å². The van der Waals surface area contributed by atoms with Gasteiger partial charge in [-0.2, -0.15) is 0 Å². The Labute approximate surface area is 126 Å². The monoisotopic (exact) mass is 276 g/mol. The highest BCUT2D eigenvalue weighted by Crippen LogP contribution is 2.24. The smallest absolute Gasteiger partial charge is 0.132 e. The highest BCUT2D eigenvalue weighted by atomic mass is 15.3. The number of hydrogen-bond donors (Lipinski definition) is 0. The zero-order valence-corrected chi connectivity index (χ0v) is 14.1. The Kier molecular flexibility index (Phi) is 7.91. The first-order valence-electron chi connectivity index (χ1n) is 8.61. The van der Waals surface area contributed by atoms with Gasteiger partial charge in [-0.3, -0.25) is 4.48 Å². The molecule has 0 aliphatic rings. The van der Waals surface area contributed by atoms with E-state index in [-0.39, 0.29) is 0 Å². The van der Waals surface area contributed by atoms with Gasteiger partial charge >= 0.3 is 0 Å². The molecule has 0 N–H and O–H groups in total. The molecule has 1 heteroatoms. The molecule has 1 rings (SSSR count). The predicted molar refractivity (Wildman–Crippen MR) is 92.3 cm³/mol. The molecular formula is C19H34N+. The normalized spacial score (nSPS) is 11.8. The first-order chi connectivity index (χ1) is 9.68. The summed E-state index contributed by atoms with van der Waals surface area (Å²) in [6, 6.07) is 9.18. The lowest BCUT2D eigenvalue weighted by molar-refractivity contribution is 0.291. The molecule has 0 fully saturated rings. The maximum atomic E-state index is 2.33. The molecule has 0 saturated carbocycles. The van der Waals surface area contributed by atoms with Crippen molar-refractivity contribution in [1.82, 2.24) is 4.48 Å². The largest absolute Gasteiger partial charge is 0.292 e. The average Bonchev–Trinajstić information content (AvgIpc) is 2.48. The van der Waals surface area contributed by atoms with Gasteiger partial charge in [-0.1, -0.05) is 50.3 Å². The molecule has 114 valence electrons. The van der Waals surface area contributed by atoms with Crippen LogP contribution in [-0.2, 0) is 0 Å². The molecule has 0 aliphatic heterocycles. The Morgan fingerprint density at radius 3 is 1.85 bits per heavy atom. The second-order valence-corrected chi connectivity index (χ2v) is 6.10. The van der Waals surface area contributed by atoms with E-state index in [1.165, 1.54) is 69.4 Å². The van der Waals surface area contributed by atoms with Crippen LogP contribution in [0.2, 0.25) is 0 Å². The standard InChI is InChI=1S/C19H34N/c1-5-8-9-10-11-12-17-20(6-2,7-3)19-15-13-18(4)14-16-19/h13-16H,5-12,17H2,1-4H3/q+1. The maximum absolute atomic E-state index is 2.33. The third-order valence-electron chi connectivity index (χ3n) is 4.73. The SMILES string of the molecule is CCCCCCCC[N+](CC)(CC)c1ccc(C)cc1. The third-order valence-corrected chi connectivity index (χ3v) is 4.73. The highest BCUT2D eigenvalue weighted by molar-refractivity contribution is 5.44. The van der Waals surface area contributed by atoms with Crippen LogP contribution in [0.4, 0.5) is 5.69 Å². The number of aryl methyl sites for hydroxylation is 1. The van der Waals surface area contributed by atoms with E-state index in [9.17, 15) is 0 Å². The summed E-state index contributed by atoms with van der Waals surface area (Å²) in [4.78, 5) is 0. The summed E-state index contributed by atoms with van der Waals surface area (Å²) in [5, 5.41) is 0. The second kappa shape index (κ2) is 9.18. The first-order valence-corrected chi connectivity index (χ1v) is 8.61. The lowest BCUT2D eigenvalue weighted by Crippen LogP contribution is -2.49. The number of unbranched alkanes of at least 4 members (excludes halogenated alkanes) is 5. The minimum absolute atomic E-state index is 1.15. The molecule has 0 aromatic heterocycles. The molecular weight excluding hydrogens is 242 g/mol. The van der Waals surface area contributed by atoms with Crippen LogP contribution >= 0.6 is 0 Å². The molecule has 0 saturated heterocycles. The van der Waals surface area contributed by atoms with Gasteiger partial charge in [0.1, 0.15) is 5.69 Å². The Bertz CT molecular complexity index is 349. The summed E-state index contributed by atoms with van der Waals surface area (Å²) in [6.45, 7) is 12.8. The van der Waals surface area contributed by atoms with E-state index in [0.717, 1.165) is 4.48 Å². The summed E-state index contributed by atoms with van der Waals surface area (Å²) >= 11 is 0. The van der Waals surface area contributed by atoms with Crippen molar-refractivity contribution >= 4 is 5.69 Å². The van der Waals surface area contributed by atoms with Gasteiger partial charge in [0.05, 0.1) is 19.6 Å². The molecule has 1 nitrogen and oxygen atoms in total. The molecule has 0 radical (unpaired) electrons. The van der Waals surface area contributed by atoms with Crippen molar-refractivity contribution in [2.45, 2.75) is 66.2 Å². The van der Waals surface area contributed by atoms with Crippen LogP contribution in [0.3, 0.4) is 0 Å². The van der Waals surface area contributed by atoms with Gasteiger partial charge in [-0.05, 0) is 45.7 Å². The molecule has 0 aliphatic carbocycles. The van der Waals surface area contributed by atoms with Crippen molar-refractivity contribution in [3.05, 3.63) is 29.8 Å². The Balaban J connectivity index is 2.56. The maximum Gasteiger partial charge on any atom is 0.132 e. The number of hydrogen-bond acceptors (Lipinski definition) is 0. The van der Waals surface area contributed by atoms with Gasteiger partial charge < -0.3 is 0 Å². The number of nitrogens with zero attached hydrogens (tertiary/aromatic N) is 1. The predicted octanol–water partition coefficient (Wildman–Crippen LogP) is 5.70. The Morgan fingerprint density at radius 2 is 1.30 bits per heavy atom. The Hall–Kier alpha value is -0.820. The summed E-state index contributed by atoms with van der Waals surface area (Å²) in [5.74, 6) is 0. The summed E-state index contributed by atoms with van der Waals surface area (Å²) in [7, 11) is 0. The van der Waals surface area contributed by atoms with Crippen LogP contribution in [0.5, 0.6) is 0 Å². The number of benzene rings is 1. The van der Waals surface area contributed by atoms with Crippen LogP contribution in [0.1, 0.15) is 64.9 Å². The van der Waals surface area contributed by atoms with Gasteiger partial charge in [-0.15, -0.1) is 0 Å². The van der Waals surface area contributed by atoms with Crippen LogP contribution in [0.15, 0.2) is 24.3 Å². The number of rotatable bonds is 10. The van der Waals surface area contributed by atoms with E-state index in [1.807, 2.05) is 0 Å². The lowest BCUT2D eigenvalue weighted by atomic mass is 10.1. The first kappa shape index (κ1) is 17.2. The van der Waals surface area contributed by atoms with Gasteiger partial charge in [0.2, 0.25) is 0 Å². The average molecular weight is 276 g/mol. The van der Waals surface area contributed by atoms with Crippen molar-refractivity contribution in [2.24, 2.45) is 0 Å². The molecule has 20 heavy (non-hydrogen) atoms. The van der Waals surface area contributed by atoms with E-state index in [0.29, 0.717) is 0 Å². The topological polar surface area (TPSA) is 0 Å². The zero-order valence-electron chi connectivity index (χ0n) is 14.1. The van der Waals surface area contributed by atoms with E-state index in [4.69, 9.17) is 0 Å². The molecule has 0 unspecified atom stereocenters. The highest BCUT2D eigenvalue weighted by Gasteiger charge is 2.25. The molecule has 1 aromatic carbocycles. The van der Waals surface area contributed by atoms with E-state index < -0.39 is 0 Å². The zero-order chi connectivity index (χ0) is 14.8. The fraction of sp³-hybridized carbons (Fsp3) is 0.684. The van der Waals surface area contributed by atoms with Gasteiger partial charge in [0.25, 0.3) is 0 Å². The van der Waals surface area contributed by atoms with Crippen molar-refractivity contribution in [3.8, 4) is 0 Å². The number of quaternary nitrogens is 1. The van der Waals surface area contributed by atoms with Gasteiger partial charge in [0.15, 0.2) is 0 Å². The second-order valence-electron chi connectivity index (χ2n) is 6.10. The quantitative estimate of drug-likeness (QED) is 0.380. The van der Waals surface area contributed by atoms with Gasteiger partial charge in [0, 0.05) is 0 Å². The fourth-order valence-electron chi connectivity index (χ4n) is 3.09. The van der Waals surface area contributed by atoms with Crippen LogP contribution in [-0.4, -0.2) is 19.6 Å². The summed E-state index contributed by atoms with van der Waals surface area (Å²) in [6.07, 6.45) is 8.33. The Morgan fingerprint density at radius 1 is 0.750 bits per heavy atom. The van der Waals surface area contributed by atoms with Crippen LogP contribution < -0.4 is 4.48 Å². The van der Waals surface area contributed by atoms with Crippen molar-refractivity contribution in [2.75, 3.05) is 19.6 Å². The molecule has 0 bridgehead atoms. The molecule has 0 atom stereocenters. The molecule has 1 aromatic rings. The van der Waals surface area contributed by atoms with Crippen molar-refractivity contribution in [3.63, 3.8) is 0 Å². The molecule has 0 amide bonds. The van der Waals surface area contributed by atoms with Crippen molar-refractivity contribution in [1.29, 1.82) is 0 Å². The minimum Gasteiger partial charge on any atom is -0.292 e. The third kappa shape index (κ3) is 4.94. The summed E-state index contributed by atoms with van der Waals surface area (Å²) < 4.78 is 1.15. The van der Waals surface area contributed by atoms with Crippen LogP contribution in [0.25, 0.3) is 0 Å². The van der Waals surface area contributed by atoms with E-state index in [2.05, 4.69) is 52.0 Å². The lowest BCUT2D eigenvalue weighted by Gasteiger charge is -2.36.